The molecule has 0 spiro atoms. The van der Waals surface area contributed by atoms with E-state index in [4.69, 9.17) is 4.42 Å². The molecule has 182 valence electrons. The zero-order valence-corrected chi connectivity index (χ0v) is 20.3. The molecule has 6 nitrogen and oxygen atoms in total. The Morgan fingerprint density at radius 2 is 1.85 bits per heavy atom. The van der Waals surface area contributed by atoms with E-state index >= 15 is 0 Å². The molecular weight excluding hydrogens is 428 g/mol. The highest BCUT2D eigenvalue weighted by atomic mass is 16.4. The number of nitrogens with zero attached hydrogens (tertiary/aromatic N) is 2. The van der Waals surface area contributed by atoms with Gasteiger partial charge in [0.25, 0.3) is 5.56 Å². The van der Waals surface area contributed by atoms with Crippen LogP contribution in [0.5, 0.6) is 0 Å². The molecule has 0 amide bonds. The third-order valence-electron chi connectivity index (χ3n) is 11.1. The highest BCUT2D eigenvalue weighted by molar-refractivity contribution is 5.27. The summed E-state index contributed by atoms with van der Waals surface area (Å²) in [5.41, 5.74) is 0.119. The molecule has 1 N–H and O–H groups in total. The molecule has 0 bridgehead atoms. The summed E-state index contributed by atoms with van der Waals surface area (Å²) < 4.78 is 7.05. The number of aliphatic hydroxyl groups is 1. The van der Waals surface area contributed by atoms with Crippen molar-refractivity contribution in [2.45, 2.75) is 89.2 Å². The Labute approximate surface area is 200 Å². The number of aromatic nitrogens is 2. The number of fused-ring (bicyclic) bond motifs is 5. The summed E-state index contributed by atoms with van der Waals surface area (Å²) >= 11 is 0. The first-order valence-corrected chi connectivity index (χ1v) is 13.1. The maximum Gasteiger partial charge on any atom is 0.335 e. The van der Waals surface area contributed by atoms with Crippen LogP contribution in [0.15, 0.2) is 51.0 Å². The third kappa shape index (κ3) is 3.00. The summed E-state index contributed by atoms with van der Waals surface area (Å²) in [6, 6.07) is 5.21. The van der Waals surface area contributed by atoms with Crippen LogP contribution < -0.4 is 11.2 Å². The molecule has 4 aliphatic carbocycles. The van der Waals surface area contributed by atoms with Gasteiger partial charge in [-0.15, -0.1) is 0 Å². The smallest absolute Gasteiger partial charge is 0.335 e. The molecule has 8 atom stereocenters. The summed E-state index contributed by atoms with van der Waals surface area (Å²) in [5.74, 6) is 1.63. The Morgan fingerprint density at radius 1 is 1.00 bits per heavy atom. The molecule has 0 aliphatic heterocycles. The van der Waals surface area contributed by atoms with E-state index in [2.05, 4.69) is 18.8 Å². The van der Waals surface area contributed by atoms with E-state index in [-0.39, 0.29) is 34.0 Å². The lowest BCUT2D eigenvalue weighted by atomic mass is 9.43. The zero-order valence-electron chi connectivity index (χ0n) is 20.3. The molecule has 4 aliphatic rings. The van der Waals surface area contributed by atoms with Gasteiger partial charge >= 0.3 is 5.63 Å². The van der Waals surface area contributed by atoms with E-state index in [1.807, 2.05) is 10.6 Å². The fourth-order valence-electron chi connectivity index (χ4n) is 9.19. The largest absolute Gasteiger partial charge is 0.431 e. The topological polar surface area (TPSA) is 85.3 Å². The van der Waals surface area contributed by atoms with Gasteiger partial charge in [-0.3, -0.25) is 9.36 Å². The van der Waals surface area contributed by atoms with Crippen LogP contribution in [0.4, 0.5) is 0 Å². The average Bonchev–Trinajstić information content (AvgIpc) is 3.11. The van der Waals surface area contributed by atoms with Crippen LogP contribution in [-0.2, 0) is 0 Å². The molecular formula is C28H36N2O4. The van der Waals surface area contributed by atoms with E-state index in [0.29, 0.717) is 17.8 Å². The highest BCUT2D eigenvalue weighted by Crippen LogP contribution is 2.70. The fourth-order valence-corrected chi connectivity index (χ4v) is 9.19. The number of hydrogen-bond acceptors (Lipinski definition) is 5. The summed E-state index contributed by atoms with van der Waals surface area (Å²) in [6.45, 7) is 4.76. The van der Waals surface area contributed by atoms with Gasteiger partial charge in [-0.25, -0.2) is 9.78 Å². The first kappa shape index (κ1) is 22.3. The maximum absolute atomic E-state index is 12.4. The first-order valence-electron chi connectivity index (χ1n) is 13.1. The lowest BCUT2D eigenvalue weighted by Crippen LogP contribution is -2.61. The van der Waals surface area contributed by atoms with E-state index in [0.717, 1.165) is 63.4 Å². The second-order valence-electron chi connectivity index (χ2n) is 12.1. The van der Waals surface area contributed by atoms with Gasteiger partial charge < -0.3 is 9.52 Å². The van der Waals surface area contributed by atoms with Crippen molar-refractivity contribution in [1.82, 2.24) is 9.55 Å². The van der Waals surface area contributed by atoms with E-state index in [9.17, 15) is 14.7 Å². The van der Waals surface area contributed by atoms with Crippen molar-refractivity contribution in [2.75, 3.05) is 0 Å². The van der Waals surface area contributed by atoms with Crippen LogP contribution in [0.2, 0.25) is 0 Å². The van der Waals surface area contributed by atoms with Gasteiger partial charge in [-0.05, 0) is 98.5 Å². The van der Waals surface area contributed by atoms with Crippen LogP contribution in [0.1, 0.15) is 89.2 Å². The molecule has 2 heterocycles. The Hall–Kier alpha value is -2.21. The third-order valence-corrected chi connectivity index (χ3v) is 11.1. The lowest BCUT2D eigenvalue weighted by Gasteiger charge is -2.63. The molecule has 2 aromatic rings. The standard InChI is InChI=1S/C28H36N2O4/c1-26-11-7-20(30-17-29-14-10-24(30)31)15-19(26)4-5-23-22(26)8-12-27(2)21(9-13-28(23,27)33)18-3-6-25(32)34-16-18/h3,6,10,14,16-17,19-23,33H,4-5,7-9,11-13,15H2,1-2H3/t19-,20+,21-,22+,23-,26+,27-,28+/m1/s1. The summed E-state index contributed by atoms with van der Waals surface area (Å²) in [4.78, 5) is 28.1. The van der Waals surface area contributed by atoms with Crippen molar-refractivity contribution in [2.24, 2.45) is 28.6 Å². The average molecular weight is 465 g/mol. The minimum absolute atomic E-state index is 0.0498. The van der Waals surface area contributed by atoms with E-state index < -0.39 is 5.60 Å². The lowest BCUT2D eigenvalue weighted by molar-refractivity contribution is -0.202. The highest BCUT2D eigenvalue weighted by Gasteiger charge is 2.67. The summed E-state index contributed by atoms with van der Waals surface area (Å²) in [5, 5.41) is 12.4. The second-order valence-corrected chi connectivity index (χ2v) is 12.1. The maximum atomic E-state index is 12.4. The normalized spacial score (nSPS) is 43.6. The predicted octanol–water partition coefficient (Wildman–Crippen LogP) is 4.68. The van der Waals surface area contributed by atoms with Gasteiger partial charge in [-0.2, -0.15) is 0 Å². The van der Waals surface area contributed by atoms with Crippen molar-refractivity contribution < 1.29 is 9.52 Å². The van der Waals surface area contributed by atoms with Gasteiger partial charge in [0.15, 0.2) is 0 Å². The van der Waals surface area contributed by atoms with Crippen LogP contribution >= 0.6 is 0 Å². The van der Waals surface area contributed by atoms with Crippen molar-refractivity contribution in [3.05, 3.63) is 63.3 Å². The Morgan fingerprint density at radius 3 is 2.62 bits per heavy atom. The van der Waals surface area contributed by atoms with Crippen LogP contribution in [0, 0.1) is 28.6 Å². The molecule has 0 unspecified atom stereocenters. The molecule has 34 heavy (non-hydrogen) atoms. The summed E-state index contributed by atoms with van der Waals surface area (Å²) in [6.07, 6.45) is 14.1. The fraction of sp³-hybridized carbons (Fsp3) is 0.679. The van der Waals surface area contributed by atoms with Gasteiger partial charge in [0, 0.05) is 29.8 Å². The molecule has 0 radical (unpaired) electrons. The van der Waals surface area contributed by atoms with Crippen molar-refractivity contribution in [1.29, 1.82) is 0 Å². The van der Waals surface area contributed by atoms with Gasteiger partial charge in [0.1, 0.15) is 0 Å². The molecule has 4 saturated carbocycles. The first-order chi connectivity index (χ1) is 16.3. The summed E-state index contributed by atoms with van der Waals surface area (Å²) in [7, 11) is 0. The van der Waals surface area contributed by atoms with Crippen LogP contribution in [0.3, 0.4) is 0 Å². The van der Waals surface area contributed by atoms with E-state index in [1.54, 1.807) is 24.9 Å². The molecule has 4 fully saturated rings. The van der Waals surface area contributed by atoms with Crippen molar-refractivity contribution in [3.8, 4) is 0 Å². The minimum Gasteiger partial charge on any atom is -0.431 e. The van der Waals surface area contributed by atoms with Crippen LogP contribution in [-0.4, -0.2) is 20.3 Å². The Bertz CT molecular complexity index is 1180. The quantitative estimate of drug-likeness (QED) is 0.698. The molecule has 2 aromatic heterocycles. The second kappa shape index (κ2) is 7.64. The van der Waals surface area contributed by atoms with Crippen molar-refractivity contribution in [3.63, 3.8) is 0 Å². The Balaban J connectivity index is 1.27. The molecule has 0 saturated heterocycles. The number of hydrogen-bond donors (Lipinski definition) is 1. The molecule has 0 aromatic carbocycles. The van der Waals surface area contributed by atoms with Gasteiger partial charge in [0.2, 0.25) is 0 Å². The predicted molar refractivity (Wildman–Crippen MR) is 128 cm³/mol. The number of rotatable bonds is 2. The van der Waals surface area contributed by atoms with Gasteiger partial charge in [0.05, 0.1) is 18.2 Å². The van der Waals surface area contributed by atoms with Crippen molar-refractivity contribution >= 4 is 0 Å². The Kier molecular flexibility index (Phi) is 5.01. The van der Waals surface area contributed by atoms with Gasteiger partial charge in [-0.1, -0.05) is 13.8 Å². The molecule has 6 heteroatoms. The molecule has 6 rings (SSSR count). The SMILES string of the molecule is C[C@]12CC[C@H](n3cnccc3=O)C[C@H]1CC[C@@H]1[C@@H]2CC[C@]2(C)[C@@H](c3ccc(=O)oc3)CC[C@]12O. The zero-order chi connectivity index (χ0) is 23.7. The monoisotopic (exact) mass is 464 g/mol. The van der Waals surface area contributed by atoms with E-state index in [1.165, 1.54) is 6.07 Å². The van der Waals surface area contributed by atoms with Crippen LogP contribution in [0.25, 0.3) is 0 Å². The minimum atomic E-state index is -0.679.